The van der Waals surface area contributed by atoms with Crippen LogP contribution in [0.15, 0.2) is 200 Å². The number of benzene rings is 9. The van der Waals surface area contributed by atoms with E-state index in [9.17, 15) is 0 Å². The Kier molecular flexibility index (Phi) is 7.18. The van der Waals surface area contributed by atoms with Crippen molar-refractivity contribution in [3.63, 3.8) is 0 Å². The lowest BCUT2D eigenvalue weighted by Gasteiger charge is -2.18. The number of nitrogens with zero attached hydrogens (tertiary/aromatic N) is 1. The number of anilines is 2. The first-order valence-electron chi connectivity index (χ1n) is 17.9. The molecule has 52 heavy (non-hydrogen) atoms. The van der Waals surface area contributed by atoms with Crippen LogP contribution in [0, 0.1) is 0 Å². The highest BCUT2D eigenvalue weighted by Gasteiger charge is 2.18. The first kappa shape index (κ1) is 30.0. The summed E-state index contributed by atoms with van der Waals surface area (Å²) in [6.07, 6.45) is 0. The van der Waals surface area contributed by atoms with Crippen LogP contribution in [0.5, 0.6) is 0 Å². The highest BCUT2D eigenvalue weighted by Crippen LogP contribution is 2.44. The second-order valence-corrected chi connectivity index (χ2v) is 13.4. The van der Waals surface area contributed by atoms with Gasteiger partial charge in [0.15, 0.2) is 0 Å². The van der Waals surface area contributed by atoms with Crippen molar-refractivity contribution >= 4 is 54.7 Å². The molecule has 1 heterocycles. The topological polar surface area (TPSA) is 17.0 Å². The van der Waals surface area contributed by atoms with Gasteiger partial charge in [0.2, 0.25) is 0 Å². The first-order valence-corrected chi connectivity index (χ1v) is 17.9. The van der Waals surface area contributed by atoms with Crippen molar-refractivity contribution in [3.05, 3.63) is 200 Å². The molecule has 0 amide bonds. The van der Waals surface area contributed by atoms with E-state index in [1.54, 1.807) is 0 Å². The van der Waals surface area contributed by atoms with E-state index in [-0.39, 0.29) is 0 Å². The van der Waals surface area contributed by atoms with E-state index in [2.05, 4.69) is 210 Å². The maximum atomic E-state index is 3.85. The van der Waals surface area contributed by atoms with E-state index < -0.39 is 0 Å². The van der Waals surface area contributed by atoms with E-state index in [1.165, 1.54) is 71.2 Å². The van der Waals surface area contributed by atoms with Crippen LogP contribution in [0.2, 0.25) is 0 Å². The molecule has 0 aliphatic rings. The minimum Gasteiger partial charge on any atom is -0.355 e. The van der Waals surface area contributed by atoms with Crippen molar-refractivity contribution < 1.29 is 0 Å². The standard InChI is InChI=1S/C50H34N2/c1-4-16-34(17-5-1)44-33-48-45(39-22-14-15-27-47(39)52(48)38-20-8-3-9-21-38)32-46(44)51-37-30-28-36(29-31-37)50-42-25-12-10-23-40(42)49(35-18-6-2-7-19-35)41-24-11-13-26-43(41)50/h1-33,51H. The van der Waals surface area contributed by atoms with Gasteiger partial charge in [0.1, 0.15) is 0 Å². The molecule has 2 heteroatoms. The zero-order chi connectivity index (χ0) is 34.4. The van der Waals surface area contributed by atoms with Gasteiger partial charge in [0, 0.05) is 33.4 Å². The molecule has 244 valence electrons. The maximum absolute atomic E-state index is 3.85. The fourth-order valence-corrected chi connectivity index (χ4v) is 8.06. The molecule has 0 fully saturated rings. The molecule has 9 aromatic carbocycles. The third-order valence-electron chi connectivity index (χ3n) is 10.4. The van der Waals surface area contributed by atoms with Crippen LogP contribution in [0.3, 0.4) is 0 Å². The molecule has 1 N–H and O–H groups in total. The summed E-state index contributed by atoms with van der Waals surface area (Å²) < 4.78 is 2.38. The summed E-state index contributed by atoms with van der Waals surface area (Å²) in [7, 11) is 0. The van der Waals surface area contributed by atoms with Gasteiger partial charge in [-0.3, -0.25) is 0 Å². The number of aromatic nitrogens is 1. The highest BCUT2D eigenvalue weighted by molar-refractivity contribution is 6.21. The quantitative estimate of drug-likeness (QED) is 0.175. The molecular formula is C50H34N2. The molecule has 0 saturated carbocycles. The van der Waals surface area contributed by atoms with Crippen LogP contribution in [0.1, 0.15) is 0 Å². The molecule has 10 rings (SSSR count). The number of hydrogen-bond acceptors (Lipinski definition) is 1. The Balaban J connectivity index is 1.12. The summed E-state index contributed by atoms with van der Waals surface area (Å²) in [5.41, 5.74) is 13.0. The third kappa shape index (κ3) is 4.96. The average Bonchev–Trinajstić information content (AvgIpc) is 3.54. The van der Waals surface area contributed by atoms with Crippen LogP contribution >= 0.6 is 0 Å². The first-order chi connectivity index (χ1) is 25.8. The van der Waals surface area contributed by atoms with Crippen LogP contribution in [0.4, 0.5) is 11.4 Å². The average molecular weight is 663 g/mol. The predicted molar refractivity (Wildman–Crippen MR) is 222 cm³/mol. The minimum atomic E-state index is 1.04. The summed E-state index contributed by atoms with van der Waals surface area (Å²) in [6.45, 7) is 0. The lowest BCUT2D eigenvalue weighted by molar-refractivity contribution is 1.18. The summed E-state index contributed by atoms with van der Waals surface area (Å²) >= 11 is 0. The number of para-hydroxylation sites is 2. The number of fused-ring (bicyclic) bond motifs is 5. The monoisotopic (exact) mass is 662 g/mol. The summed E-state index contributed by atoms with van der Waals surface area (Å²) in [5, 5.41) is 11.3. The van der Waals surface area contributed by atoms with Crippen LogP contribution in [-0.2, 0) is 0 Å². The fourth-order valence-electron chi connectivity index (χ4n) is 8.06. The lowest BCUT2D eigenvalue weighted by Crippen LogP contribution is -1.97. The molecule has 10 aromatic rings. The number of hydrogen-bond donors (Lipinski definition) is 1. The van der Waals surface area contributed by atoms with Gasteiger partial charge in [0.25, 0.3) is 0 Å². The Morgan fingerprint density at radius 1 is 0.327 bits per heavy atom. The van der Waals surface area contributed by atoms with E-state index in [1.807, 2.05) is 0 Å². The van der Waals surface area contributed by atoms with Crippen molar-refractivity contribution in [2.45, 2.75) is 0 Å². The smallest absolute Gasteiger partial charge is 0.0548 e. The van der Waals surface area contributed by atoms with Crippen molar-refractivity contribution in [1.29, 1.82) is 0 Å². The molecule has 0 spiro atoms. The summed E-state index contributed by atoms with van der Waals surface area (Å²) in [4.78, 5) is 0. The Labute approximate surface area is 302 Å². The SMILES string of the molecule is c1ccc(-c2cc3c(cc2Nc2ccc(-c4c5ccccc5c(-c5ccccc5)c5ccccc45)cc2)c2ccccc2n3-c2ccccc2)cc1. The zero-order valence-electron chi connectivity index (χ0n) is 28.5. The molecular weight excluding hydrogens is 629 g/mol. The van der Waals surface area contributed by atoms with Gasteiger partial charge in [-0.25, -0.2) is 0 Å². The van der Waals surface area contributed by atoms with E-state index in [0.717, 1.165) is 22.6 Å². The molecule has 2 nitrogen and oxygen atoms in total. The Morgan fingerprint density at radius 3 is 1.37 bits per heavy atom. The largest absolute Gasteiger partial charge is 0.355 e. The highest BCUT2D eigenvalue weighted by atomic mass is 15.0. The second-order valence-electron chi connectivity index (χ2n) is 13.4. The lowest BCUT2D eigenvalue weighted by atomic mass is 9.86. The molecule has 0 bridgehead atoms. The van der Waals surface area contributed by atoms with E-state index >= 15 is 0 Å². The van der Waals surface area contributed by atoms with Gasteiger partial charge in [-0.15, -0.1) is 0 Å². The van der Waals surface area contributed by atoms with Crippen LogP contribution < -0.4 is 5.32 Å². The molecule has 0 aliphatic heterocycles. The molecule has 0 saturated heterocycles. The number of rotatable bonds is 6. The Hall–Kier alpha value is -6.90. The Morgan fingerprint density at radius 2 is 0.788 bits per heavy atom. The molecule has 0 atom stereocenters. The van der Waals surface area contributed by atoms with Gasteiger partial charge < -0.3 is 9.88 Å². The number of nitrogens with one attached hydrogen (secondary N) is 1. The summed E-state index contributed by atoms with van der Waals surface area (Å²) in [6, 6.07) is 72.1. The Bertz CT molecular complexity index is 2830. The predicted octanol–water partition coefficient (Wildman–Crippen LogP) is 13.8. The van der Waals surface area contributed by atoms with E-state index in [4.69, 9.17) is 0 Å². The van der Waals surface area contributed by atoms with Crippen LogP contribution in [0.25, 0.3) is 82.4 Å². The second kappa shape index (κ2) is 12.5. The molecule has 0 unspecified atom stereocenters. The summed E-state index contributed by atoms with van der Waals surface area (Å²) in [5.74, 6) is 0. The van der Waals surface area contributed by atoms with Crippen LogP contribution in [-0.4, -0.2) is 4.57 Å². The van der Waals surface area contributed by atoms with Gasteiger partial charge >= 0.3 is 0 Å². The molecule has 1 aromatic heterocycles. The van der Waals surface area contributed by atoms with E-state index in [0.29, 0.717) is 0 Å². The minimum absolute atomic E-state index is 1.04. The third-order valence-corrected chi connectivity index (χ3v) is 10.4. The van der Waals surface area contributed by atoms with Crippen molar-refractivity contribution in [1.82, 2.24) is 4.57 Å². The molecule has 0 radical (unpaired) electrons. The van der Waals surface area contributed by atoms with Crippen molar-refractivity contribution in [2.75, 3.05) is 5.32 Å². The van der Waals surface area contributed by atoms with Crippen molar-refractivity contribution in [2.24, 2.45) is 0 Å². The van der Waals surface area contributed by atoms with Gasteiger partial charge in [-0.1, -0.05) is 158 Å². The zero-order valence-corrected chi connectivity index (χ0v) is 28.5. The van der Waals surface area contributed by atoms with Gasteiger partial charge in [-0.05, 0) is 91.8 Å². The normalized spacial score (nSPS) is 11.5. The van der Waals surface area contributed by atoms with Crippen molar-refractivity contribution in [3.8, 4) is 39.1 Å². The van der Waals surface area contributed by atoms with Gasteiger partial charge in [-0.2, -0.15) is 0 Å². The van der Waals surface area contributed by atoms with Gasteiger partial charge in [0.05, 0.1) is 11.0 Å². The fraction of sp³-hybridized carbons (Fsp3) is 0. The molecule has 0 aliphatic carbocycles. The maximum Gasteiger partial charge on any atom is 0.0548 e.